The maximum Gasteiger partial charge on any atom is 0.329 e. The lowest BCUT2D eigenvalue weighted by molar-refractivity contribution is -0.127. The molecule has 0 bridgehead atoms. The van der Waals surface area contributed by atoms with Crippen molar-refractivity contribution in [3.05, 3.63) is 54.1 Å². The third kappa shape index (κ3) is 4.58. The number of fused-ring (bicyclic) bond motifs is 3. The standard InChI is InChI=1S/C23H27N5O3S/c1-15-17-7-3-4-8-18(17)19-9-5-6-10-20(19)28(22(15)30)25-21(29)16(2)24-23(31)26-27-11-13-32-14-12-27/h3-10,15-16H,11-14H2,1-2H3,(H,25,29)(H2,24,26,31)/t15?,16-/m0/s1. The highest BCUT2D eigenvalue weighted by Crippen LogP contribution is 2.39. The van der Waals surface area contributed by atoms with Gasteiger partial charge in [-0.25, -0.2) is 14.8 Å². The molecule has 2 aliphatic heterocycles. The molecule has 32 heavy (non-hydrogen) atoms. The number of hydrazine groups is 2. The van der Waals surface area contributed by atoms with Gasteiger partial charge in [-0.1, -0.05) is 42.5 Å². The van der Waals surface area contributed by atoms with Crippen molar-refractivity contribution in [1.29, 1.82) is 0 Å². The molecule has 2 aliphatic rings. The molecule has 2 heterocycles. The van der Waals surface area contributed by atoms with Gasteiger partial charge in [-0.15, -0.1) is 0 Å². The van der Waals surface area contributed by atoms with Gasteiger partial charge in [0.2, 0.25) is 0 Å². The van der Waals surface area contributed by atoms with Crippen molar-refractivity contribution in [3.63, 3.8) is 0 Å². The molecule has 9 heteroatoms. The topological polar surface area (TPSA) is 93.8 Å². The van der Waals surface area contributed by atoms with E-state index in [4.69, 9.17) is 0 Å². The number of carbonyl (C=O) groups is 3. The quantitative estimate of drug-likeness (QED) is 0.661. The second-order valence-electron chi connectivity index (χ2n) is 7.88. The summed E-state index contributed by atoms with van der Waals surface area (Å²) < 4.78 is 0. The minimum atomic E-state index is -0.838. The van der Waals surface area contributed by atoms with Crippen LogP contribution >= 0.6 is 11.8 Å². The van der Waals surface area contributed by atoms with Gasteiger partial charge >= 0.3 is 6.03 Å². The van der Waals surface area contributed by atoms with E-state index < -0.39 is 23.9 Å². The SMILES string of the molecule is CC1C(=O)N(NC(=O)[C@H](C)NC(=O)NN2CCSCC2)c2ccccc2-c2ccccc21. The largest absolute Gasteiger partial charge is 0.329 e. The number of benzene rings is 2. The number of hydrogen-bond acceptors (Lipinski definition) is 5. The summed E-state index contributed by atoms with van der Waals surface area (Å²) in [5.74, 6) is 0.747. The lowest BCUT2D eigenvalue weighted by atomic mass is 9.92. The Labute approximate surface area is 191 Å². The summed E-state index contributed by atoms with van der Waals surface area (Å²) in [6, 6.07) is 14.0. The van der Waals surface area contributed by atoms with Gasteiger partial charge in [0.15, 0.2) is 0 Å². The molecular formula is C23H27N5O3S. The summed E-state index contributed by atoms with van der Waals surface area (Å²) >= 11 is 1.84. The van der Waals surface area contributed by atoms with Crippen molar-refractivity contribution in [2.24, 2.45) is 0 Å². The Hall–Kier alpha value is -3.04. The van der Waals surface area contributed by atoms with E-state index in [0.717, 1.165) is 41.3 Å². The molecule has 3 N–H and O–H groups in total. The molecule has 4 amide bonds. The van der Waals surface area contributed by atoms with E-state index in [1.165, 1.54) is 5.01 Å². The summed E-state index contributed by atoms with van der Waals surface area (Å²) in [7, 11) is 0. The van der Waals surface area contributed by atoms with E-state index in [9.17, 15) is 14.4 Å². The second-order valence-corrected chi connectivity index (χ2v) is 9.11. The summed E-state index contributed by atoms with van der Waals surface area (Å²) in [5, 5.41) is 5.79. The number of para-hydroxylation sites is 1. The molecule has 0 spiro atoms. The molecule has 8 nitrogen and oxygen atoms in total. The number of amides is 4. The average molecular weight is 454 g/mol. The molecule has 0 radical (unpaired) electrons. The minimum Gasteiger partial charge on any atom is -0.325 e. The van der Waals surface area contributed by atoms with Gasteiger partial charge in [-0.05, 0) is 31.0 Å². The van der Waals surface area contributed by atoms with Crippen molar-refractivity contribution in [1.82, 2.24) is 21.2 Å². The number of nitrogens with zero attached hydrogens (tertiary/aromatic N) is 2. The summed E-state index contributed by atoms with van der Waals surface area (Å²) in [6.07, 6.45) is 0. The van der Waals surface area contributed by atoms with Gasteiger partial charge < -0.3 is 5.32 Å². The zero-order valence-corrected chi connectivity index (χ0v) is 18.9. The fraction of sp³-hybridized carbons (Fsp3) is 0.348. The number of urea groups is 1. The number of anilines is 1. The molecule has 4 rings (SSSR count). The van der Waals surface area contributed by atoms with Gasteiger partial charge in [-0.3, -0.25) is 20.4 Å². The second kappa shape index (κ2) is 9.62. The Kier molecular flexibility index (Phi) is 6.66. The van der Waals surface area contributed by atoms with E-state index in [1.807, 2.05) is 72.2 Å². The molecule has 0 saturated carbocycles. The number of rotatable bonds is 4. The first-order valence-electron chi connectivity index (χ1n) is 10.7. The maximum absolute atomic E-state index is 13.3. The third-order valence-electron chi connectivity index (χ3n) is 5.69. The fourth-order valence-corrected chi connectivity index (χ4v) is 4.80. The van der Waals surface area contributed by atoms with Gasteiger partial charge in [0, 0.05) is 30.2 Å². The highest BCUT2D eigenvalue weighted by atomic mass is 32.2. The van der Waals surface area contributed by atoms with Crippen molar-refractivity contribution in [2.75, 3.05) is 29.6 Å². The molecule has 0 aromatic heterocycles. The van der Waals surface area contributed by atoms with Crippen LogP contribution < -0.4 is 21.2 Å². The van der Waals surface area contributed by atoms with Crippen LogP contribution in [0.1, 0.15) is 25.3 Å². The first-order valence-corrected chi connectivity index (χ1v) is 11.8. The van der Waals surface area contributed by atoms with Crippen molar-refractivity contribution in [2.45, 2.75) is 25.8 Å². The van der Waals surface area contributed by atoms with Crippen LogP contribution in [0.15, 0.2) is 48.5 Å². The van der Waals surface area contributed by atoms with E-state index >= 15 is 0 Å². The van der Waals surface area contributed by atoms with E-state index in [0.29, 0.717) is 5.69 Å². The fourth-order valence-electron chi connectivity index (χ4n) is 3.90. The molecule has 2 aromatic rings. The van der Waals surface area contributed by atoms with Crippen molar-refractivity contribution < 1.29 is 14.4 Å². The number of carbonyl (C=O) groups excluding carboxylic acids is 3. The minimum absolute atomic E-state index is 0.238. The van der Waals surface area contributed by atoms with Crippen LogP contribution in [0.4, 0.5) is 10.5 Å². The monoisotopic (exact) mass is 453 g/mol. The smallest absolute Gasteiger partial charge is 0.325 e. The first-order chi connectivity index (χ1) is 15.5. The Morgan fingerprint density at radius 3 is 2.41 bits per heavy atom. The molecule has 1 saturated heterocycles. The van der Waals surface area contributed by atoms with Crippen LogP contribution in [0.5, 0.6) is 0 Å². The van der Waals surface area contributed by atoms with Gasteiger partial charge in [0.05, 0.1) is 11.6 Å². The van der Waals surface area contributed by atoms with Gasteiger partial charge in [0.25, 0.3) is 11.8 Å². The zero-order chi connectivity index (χ0) is 22.7. The van der Waals surface area contributed by atoms with E-state index in [2.05, 4.69) is 16.2 Å². The Morgan fingerprint density at radius 2 is 1.66 bits per heavy atom. The molecule has 2 aromatic carbocycles. The molecule has 2 atom stereocenters. The van der Waals surface area contributed by atoms with Gasteiger partial charge in [0.1, 0.15) is 6.04 Å². The molecule has 0 aliphatic carbocycles. The average Bonchev–Trinajstić information content (AvgIpc) is 2.89. The molecular weight excluding hydrogens is 426 g/mol. The van der Waals surface area contributed by atoms with Crippen LogP contribution in [-0.2, 0) is 9.59 Å². The van der Waals surface area contributed by atoms with Crippen molar-refractivity contribution in [3.8, 4) is 11.1 Å². The van der Waals surface area contributed by atoms with Crippen LogP contribution in [0.3, 0.4) is 0 Å². The summed E-state index contributed by atoms with van der Waals surface area (Å²) in [5.41, 5.74) is 8.83. The Balaban J connectivity index is 1.50. The zero-order valence-electron chi connectivity index (χ0n) is 18.1. The maximum atomic E-state index is 13.3. The third-order valence-corrected chi connectivity index (χ3v) is 6.63. The Bertz CT molecular complexity index is 1020. The molecule has 1 fully saturated rings. The lowest BCUT2D eigenvalue weighted by Crippen LogP contribution is -2.57. The Morgan fingerprint density at radius 1 is 1.00 bits per heavy atom. The lowest BCUT2D eigenvalue weighted by Gasteiger charge is -2.28. The van der Waals surface area contributed by atoms with Crippen molar-refractivity contribution >= 4 is 35.3 Å². The van der Waals surface area contributed by atoms with Gasteiger partial charge in [-0.2, -0.15) is 11.8 Å². The highest BCUT2D eigenvalue weighted by Gasteiger charge is 2.33. The van der Waals surface area contributed by atoms with Crippen LogP contribution in [0.25, 0.3) is 11.1 Å². The van der Waals surface area contributed by atoms with Crippen LogP contribution in [0, 0.1) is 0 Å². The highest BCUT2D eigenvalue weighted by molar-refractivity contribution is 7.99. The summed E-state index contributed by atoms with van der Waals surface area (Å²) in [4.78, 5) is 38.5. The number of nitrogens with one attached hydrogen (secondary N) is 3. The van der Waals surface area contributed by atoms with Crippen LogP contribution in [0.2, 0.25) is 0 Å². The normalized spacial score (nSPS) is 19.2. The van der Waals surface area contributed by atoms with Crippen LogP contribution in [-0.4, -0.2) is 53.5 Å². The molecule has 168 valence electrons. The predicted octanol–water partition coefficient (Wildman–Crippen LogP) is 2.49. The number of thioether (sulfide) groups is 1. The summed E-state index contributed by atoms with van der Waals surface area (Å²) in [6.45, 7) is 4.94. The van der Waals surface area contributed by atoms with E-state index in [-0.39, 0.29) is 5.91 Å². The number of hydrogen-bond donors (Lipinski definition) is 3. The molecule has 1 unspecified atom stereocenters. The van der Waals surface area contributed by atoms with E-state index in [1.54, 1.807) is 6.92 Å². The predicted molar refractivity (Wildman–Crippen MR) is 126 cm³/mol. The first kappa shape index (κ1) is 22.2.